The third-order valence-electron chi connectivity index (χ3n) is 6.07. The molecule has 2 fully saturated rings. The summed E-state index contributed by atoms with van der Waals surface area (Å²) in [5, 5.41) is 0. The number of methoxy groups -OCH3 is 1. The molecule has 0 N–H and O–H groups in total. The monoisotopic (exact) mass is 394 g/mol. The highest BCUT2D eigenvalue weighted by Gasteiger charge is 2.36. The molecule has 1 aliphatic carbocycles. The maximum atomic E-state index is 12.5. The van der Waals surface area contributed by atoms with Gasteiger partial charge in [-0.1, -0.05) is 19.1 Å². The number of ether oxygens (including phenoxy) is 1. The molecule has 2 atom stereocenters. The van der Waals surface area contributed by atoms with Crippen molar-refractivity contribution in [1.29, 1.82) is 0 Å². The average molecular weight is 395 g/mol. The Balaban J connectivity index is 1.20. The normalized spacial score (nSPS) is 22.2. The van der Waals surface area contributed by atoms with E-state index in [-0.39, 0.29) is 5.91 Å². The molecule has 5 heteroatoms. The van der Waals surface area contributed by atoms with Crippen LogP contribution in [-0.4, -0.2) is 55.5 Å². The molecule has 2 unspecified atom stereocenters. The highest BCUT2D eigenvalue weighted by Crippen LogP contribution is 2.47. The Morgan fingerprint density at radius 1 is 1.14 bits per heavy atom. The lowest BCUT2D eigenvalue weighted by molar-refractivity contribution is -0.127. The SMILES string of the molecule is COc1ccc(CCN2CCN(C(=O)/C=C/c3ccc(C4CC4C)o3)CC2)cc1. The van der Waals surface area contributed by atoms with E-state index in [1.54, 1.807) is 19.3 Å². The molecule has 29 heavy (non-hydrogen) atoms. The number of rotatable bonds is 7. The van der Waals surface area contributed by atoms with E-state index in [4.69, 9.17) is 9.15 Å². The van der Waals surface area contributed by atoms with Gasteiger partial charge < -0.3 is 14.1 Å². The second-order valence-corrected chi connectivity index (χ2v) is 8.16. The van der Waals surface area contributed by atoms with Crippen LogP contribution in [0, 0.1) is 5.92 Å². The second kappa shape index (κ2) is 8.87. The van der Waals surface area contributed by atoms with Gasteiger partial charge in [-0.3, -0.25) is 9.69 Å². The number of furan rings is 1. The highest BCUT2D eigenvalue weighted by atomic mass is 16.5. The fraction of sp³-hybridized carbons (Fsp3) is 0.458. The van der Waals surface area contributed by atoms with Gasteiger partial charge in [0, 0.05) is 44.7 Å². The van der Waals surface area contributed by atoms with E-state index in [1.807, 2.05) is 29.2 Å². The number of piperazine rings is 1. The van der Waals surface area contributed by atoms with Crippen molar-refractivity contribution < 1.29 is 13.9 Å². The van der Waals surface area contributed by atoms with E-state index in [0.717, 1.165) is 62.3 Å². The van der Waals surface area contributed by atoms with Gasteiger partial charge in [0.15, 0.2) is 0 Å². The summed E-state index contributed by atoms with van der Waals surface area (Å²) in [5.41, 5.74) is 1.31. The summed E-state index contributed by atoms with van der Waals surface area (Å²) in [6.07, 6.45) is 5.66. The molecule has 1 aliphatic heterocycles. The topological polar surface area (TPSA) is 45.9 Å². The fourth-order valence-electron chi connectivity index (χ4n) is 3.91. The van der Waals surface area contributed by atoms with Crippen LogP contribution in [0.3, 0.4) is 0 Å². The van der Waals surface area contributed by atoms with Crippen molar-refractivity contribution in [3.05, 3.63) is 59.6 Å². The smallest absolute Gasteiger partial charge is 0.246 e. The van der Waals surface area contributed by atoms with Gasteiger partial charge in [-0.15, -0.1) is 0 Å². The summed E-state index contributed by atoms with van der Waals surface area (Å²) in [6.45, 7) is 6.63. The molecule has 2 aromatic rings. The van der Waals surface area contributed by atoms with E-state index in [1.165, 1.54) is 12.0 Å². The van der Waals surface area contributed by atoms with Gasteiger partial charge in [0.2, 0.25) is 5.91 Å². The third-order valence-corrected chi connectivity index (χ3v) is 6.07. The zero-order chi connectivity index (χ0) is 20.2. The molecular weight excluding hydrogens is 364 g/mol. The number of hydrogen-bond acceptors (Lipinski definition) is 4. The Morgan fingerprint density at radius 3 is 2.52 bits per heavy atom. The number of carbonyl (C=O) groups excluding carboxylic acids is 1. The first-order valence-electron chi connectivity index (χ1n) is 10.5. The minimum absolute atomic E-state index is 0.0672. The molecule has 2 heterocycles. The average Bonchev–Trinajstić information content (AvgIpc) is 3.30. The van der Waals surface area contributed by atoms with Gasteiger partial charge in [0.05, 0.1) is 7.11 Å². The predicted molar refractivity (Wildman–Crippen MR) is 114 cm³/mol. The highest BCUT2D eigenvalue weighted by molar-refractivity contribution is 5.91. The zero-order valence-electron chi connectivity index (χ0n) is 17.3. The number of carbonyl (C=O) groups is 1. The van der Waals surface area contributed by atoms with Crippen molar-refractivity contribution in [2.24, 2.45) is 5.92 Å². The van der Waals surface area contributed by atoms with Crippen LogP contribution in [0.25, 0.3) is 6.08 Å². The van der Waals surface area contributed by atoms with E-state index >= 15 is 0 Å². The van der Waals surface area contributed by atoms with Crippen LogP contribution in [0.2, 0.25) is 0 Å². The Morgan fingerprint density at radius 2 is 1.86 bits per heavy atom. The predicted octanol–water partition coefficient (Wildman–Crippen LogP) is 3.81. The first-order valence-corrected chi connectivity index (χ1v) is 10.5. The Labute approximate surface area is 172 Å². The molecule has 0 spiro atoms. The summed E-state index contributed by atoms with van der Waals surface area (Å²) in [6, 6.07) is 12.2. The standard InChI is InChI=1S/C24H30N2O3/c1-18-17-22(18)23-9-7-21(29-23)8-10-24(27)26-15-13-25(14-16-26)12-11-19-3-5-20(28-2)6-4-19/h3-10,18,22H,11-17H2,1-2H3/b10-8+. The van der Waals surface area contributed by atoms with Gasteiger partial charge in [0.25, 0.3) is 0 Å². The van der Waals surface area contributed by atoms with Crippen molar-refractivity contribution in [2.75, 3.05) is 39.8 Å². The second-order valence-electron chi connectivity index (χ2n) is 8.16. The maximum absolute atomic E-state index is 12.5. The van der Waals surface area contributed by atoms with Gasteiger partial charge in [-0.2, -0.15) is 0 Å². The number of nitrogens with zero attached hydrogens (tertiary/aromatic N) is 2. The van der Waals surface area contributed by atoms with Crippen molar-refractivity contribution >= 4 is 12.0 Å². The van der Waals surface area contributed by atoms with Crippen LogP contribution in [0.4, 0.5) is 0 Å². The molecule has 1 saturated carbocycles. The van der Waals surface area contributed by atoms with Gasteiger partial charge in [0.1, 0.15) is 17.3 Å². The largest absolute Gasteiger partial charge is 0.497 e. The molecule has 1 aromatic heterocycles. The lowest BCUT2D eigenvalue weighted by atomic mass is 10.1. The summed E-state index contributed by atoms with van der Waals surface area (Å²) in [5.74, 6) is 4.07. The fourth-order valence-corrected chi connectivity index (χ4v) is 3.91. The van der Waals surface area contributed by atoms with Crippen molar-refractivity contribution in [3.8, 4) is 5.75 Å². The number of hydrogen-bond donors (Lipinski definition) is 0. The molecule has 4 rings (SSSR count). The molecule has 0 radical (unpaired) electrons. The number of amides is 1. The van der Waals surface area contributed by atoms with E-state index in [2.05, 4.69) is 24.0 Å². The molecular formula is C24H30N2O3. The maximum Gasteiger partial charge on any atom is 0.246 e. The van der Waals surface area contributed by atoms with E-state index in [9.17, 15) is 4.79 Å². The molecule has 0 bridgehead atoms. The van der Waals surface area contributed by atoms with Crippen LogP contribution in [0.5, 0.6) is 5.75 Å². The lowest BCUT2D eigenvalue weighted by Crippen LogP contribution is -2.48. The van der Waals surface area contributed by atoms with E-state index in [0.29, 0.717) is 5.92 Å². The number of benzene rings is 1. The van der Waals surface area contributed by atoms with Crippen LogP contribution >= 0.6 is 0 Å². The molecule has 2 aliphatic rings. The third kappa shape index (κ3) is 5.10. The summed E-state index contributed by atoms with van der Waals surface area (Å²) in [4.78, 5) is 16.8. The summed E-state index contributed by atoms with van der Waals surface area (Å²) < 4.78 is 11.1. The van der Waals surface area contributed by atoms with Crippen molar-refractivity contribution in [3.63, 3.8) is 0 Å². The lowest BCUT2D eigenvalue weighted by Gasteiger charge is -2.34. The molecule has 154 valence electrons. The Kier molecular flexibility index (Phi) is 6.05. The first-order chi connectivity index (χ1) is 14.1. The summed E-state index contributed by atoms with van der Waals surface area (Å²) >= 11 is 0. The first kappa shape index (κ1) is 19.8. The van der Waals surface area contributed by atoms with Crippen molar-refractivity contribution in [2.45, 2.75) is 25.7 Å². The summed E-state index contributed by atoms with van der Waals surface area (Å²) in [7, 11) is 1.69. The van der Waals surface area contributed by atoms with Crippen LogP contribution in [0.1, 0.15) is 36.3 Å². The van der Waals surface area contributed by atoms with Gasteiger partial charge in [-0.25, -0.2) is 0 Å². The molecule has 5 nitrogen and oxygen atoms in total. The van der Waals surface area contributed by atoms with Crippen molar-refractivity contribution in [1.82, 2.24) is 9.80 Å². The molecule has 1 aromatic carbocycles. The quantitative estimate of drug-likeness (QED) is 0.670. The molecule has 1 saturated heterocycles. The Bertz CT molecular complexity index is 847. The minimum Gasteiger partial charge on any atom is -0.497 e. The van der Waals surface area contributed by atoms with Crippen LogP contribution < -0.4 is 4.74 Å². The van der Waals surface area contributed by atoms with Gasteiger partial charge in [-0.05, 0) is 54.7 Å². The zero-order valence-corrected chi connectivity index (χ0v) is 17.3. The van der Waals surface area contributed by atoms with E-state index < -0.39 is 0 Å². The van der Waals surface area contributed by atoms with Crippen LogP contribution in [0.15, 0.2) is 46.9 Å². The Hall–Kier alpha value is -2.53. The minimum atomic E-state index is 0.0672. The van der Waals surface area contributed by atoms with Gasteiger partial charge >= 0.3 is 0 Å². The molecule has 1 amide bonds. The van der Waals surface area contributed by atoms with Crippen LogP contribution in [-0.2, 0) is 11.2 Å².